The van der Waals surface area contributed by atoms with Crippen molar-refractivity contribution in [3.63, 3.8) is 0 Å². The van der Waals surface area contributed by atoms with Crippen LogP contribution >= 0.6 is 0 Å². The smallest absolute Gasteiger partial charge is 0.221 e. The Labute approximate surface area is 102 Å². The van der Waals surface area contributed by atoms with Gasteiger partial charge in [0.15, 0.2) is 0 Å². The molecule has 1 aromatic rings. The van der Waals surface area contributed by atoms with E-state index < -0.39 is 0 Å². The van der Waals surface area contributed by atoms with E-state index >= 15 is 0 Å². The molecule has 0 aliphatic heterocycles. The molecule has 0 atom stereocenters. The second-order valence-corrected chi connectivity index (χ2v) is 4.00. The predicted octanol–water partition coefficient (Wildman–Crippen LogP) is 1.38. The van der Waals surface area contributed by atoms with Crippen LogP contribution in [0.15, 0.2) is 18.2 Å². The van der Waals surface area contributed by atoms with Crippen molar-refractivity contribution in [2.75, 3.05) is 25.5 Å². The zero-order valence-corrected chi connectivity index (χ0v) is 10.5. The lowest BCUT2D eigenvalue weighted by atomic mass is 10.1. The second kappa shape index (κ2) is 6.03. The lowest BCUT2D eigenvalue weighted by Crippen LogP contribution is -2.26. The van der Waals surface area contributed by atoms with E-state index in [9.17, 15) is 9.59 Å². The summed E-state index contributed by atoms with van der Waals surface area (Å²) in [6, 6.07) is 5.64. The molecule has 0 fully saturated rings. The fourth-order valence-electron chi connectivity index (χ4n) is 1.55. The first kappa shape index (κ1) is 13.2. The number of nitrogens with zero attached hydrogens (tertiary/aromatic N) is 1. The molecule has 0 unspecified atom stereocenters. The van der Waals surface area contributed by atoms with Gasteiger partial charge in [-0.2, -0.15) is 0 Å². The van der Waals surface area contributed by atoms with E-state index in [2.05, 4.69) is 5.32 Å². The molecule has 0 radical (unpaired) electrons. The molecule has 1 rings (SSSR count). The maximum absolute atomic E-state index is 11.1. The summed E-state index contributed by atoms with van der Waals surface area (Å²) in [5.41, 5.74) is 2.66. The summed E-state index contributed by atoms with van der Waals surface area (Å²) in [5.74, 6) is 0.0260. The summed E-state index contributed by atoms with van der Waals surface area (Å²) in [5, 5.41) is 2.59. The number of carbonyl (C=O) groups is 2. The number of rotatable bonds is 5. The monoisotopic (exact) mass is 234 g/mol. The van der Waals surface area contributed by atoms with E-state index in [-0.39, 0.29) is 5.91 Å². The summed E-state index contributed by atoms with van der Waals surface area (Å²) in [4.78, 5) is 23.8. The molecule has 0 heterocycles. The average Bonchev–Trinajstić information content (AvgIpc) is 2.35. The van der Waals surface area contributed by atoms with Crippen LogP contribution in [0.1, 0.15) is 22.3 Å². The number of nitrogens with one attached hydrogen (secondary N) is 1. The van der Waals surface area contributed by atoms with E-state index in [0.29, 0.717) is 18.5 Å². The molecule has 4 nitrogen and oxygen atoms in total. The van der Waals surface area contributed by atoms with E-state index in [1.54, 1.807) is 13.1 Å². The van der Waals surface area contributed by atoms with Crippen LogP contribution < -0.4 is 10.2 Å². The van der Waals surface area contributed by atoms with Crippen LogP contribution in [0.25, 0.3) is 0 Å². The summed E-state index contributed by atoms with van der Waals surface area (Å²) < 4.78 is 0. The van der Waals surface area contributed by atoms with Crippen molar-refractivity contribution in [3.05, 3.63) is 29.3 Å². The quantitative estimate of drug-likeness (QED) is 0.783. The van der Waals surface area contributed by atoms with Gasteiger partial charge in [-0.25, -0.2) is 0 Å². The lowest BCUT2D eigenvalue weighted by molar-refractivity contribution is -0.120. The minimum absolute atomic E-state index is 0.0260. The second-order valence-electron chi connectivity index (χ2n) is 4.00. The first-order valence-electron chi connectivity index (χ1n) is 5.56. The molecule has 1 N–H and O–H groups in total. The third-order valence-electron chi connectivity index (χ3n) is 2.77. The van der Waals surface area contributed by atoms with Gasteiger partial charge in [-0.15, -0.1) is 0 Å². The Morgan fingerprint density at radius 1 is 1.47 bits per heavy atom. The SMILES string of the molecule is CNC(=O)CCN(C)c1ccc(C=O)c(C)c1. The van der Waals surface area contributed by atoms with Crippen LogP contribution in [0.4, 0.5) is 5.69 Å². The average molecular weight is 234 g/mol. The first-order chi connectivity index (χ1) is 8.08. The number of hydrogen-bond acceptors (Lipinski definition) is 3. The van der Waals surface area contributed by atoms with E-state index in [1.807, 2.05) is 31.0 Å². The first-order valence-corrected chi connectivity index (χ1v) is 5.56. The maximum atomic E-state index is 11.1. The van der Waals surface area contributed by atoms with Gasteiger partial charge in [0.05, 0.1) is 0 Å². The van der Waals surface area contributed by atoms with E-state index in [4.69, 9.17) is 0 Å². The molecule has 0 aliphatic rings. The van der Waals surface area contributed by atoms with Gasteiger partial charge < -0.3 is 10.2 Å². The highest BCUT2D eigenvalue weighted by Crippen LogP contribution is 2.17. The molecule has 1 aromatic carbocycles. The molecule has 17 heavy (non-hydrogen) atoms. The normalized spacial score (nSPS) is 9.82. The minimum atomic E-state index is 0.0260. The van der Waals surface area contributed by atoms with Gasteiger partial charge in [0, 0.05) is 38.3 Å². The van der Waals surface area contributed by atoms with Crippen LogP contribution in [0.3, 0.4) is 0 Å². The molecule has 0 saturated carbocycles. The lowest BCUT2D eigenvalue weighted by Gasteiger charge is -2.19. The van der Waals surface area contributed by atoms with Crippen molar-refractivity contribution in [1.82, 2.24) is 5.32 Å². The molecule has 0 spiro atoms. The van der Waals surface area contributed by atoms with Crippen LogP contribution in [0.5, 0.6) is 0 Å². The highest BCUT2D eigenvalue weighted by molar-refractivity contribution is 5.78. The molecule has 0 bridgehead atoms. The van der Waals surface area contributed by atoms with Crippen LogP contribution in [0.2, 0.25) is 0 Å². The Morgan fingerprint density at radius 2 is 2.18 bits per heavy atom. The molecule has 4 heteroatoms. The van der Waals surface area contributed by atoms with Crippen LogP contribution in [-0.4, -0.2) is 32.8 Å². The van der Waals surface area contributed by atoms with E-state index in [1.165, 1.54) is 0 Å². The largest absolute Gasteiger partial charge is 0.374 e. The van der Waals surface area contributed by atoms with Gasteiger partial charge in [-0.05, 0) is 30.7 Å². The number of aldehydes is 1. The Balaban J connectivity index is 2.69. The molecule has 0 aromatic heterocycles. The third-order valence-corrected chi connectivity index (χ3v) is 2.77. The maximum Gasteiger partial charge on any atom is 0.221 e. The zero-order chi connectivity index (χ0) is 12.8. The van der Waals surface area contributed by atoms with Gasteiger partial charge in [-0.3, -0.25) is 9.59 Å². The Kier molecular flexibility index (Phi) is 4.69. The summed E-state index contributed by atoms with van der Waals surface area (Å²) in [6.45, 7) is 2.55. The van der Waals surface area contributed by atoms with Gasteiger partial charge in [0.25, 0.3) is 0 Å². The number of hydrogen-bond donors (Lipinski definition) is 1. The van der Waals surface area contributed by atoms with E-state index in [0.717, 1.165) is 17.5 Å². The van der Waals surface area contributed by atoms with Crippen molar-refractivity contribution < 1.29 is 9.59 Å². The van der Waals surface area contributed by atoms with Crippen molar-refractivity contribution in [3.8, 4) is 0 Å². The Hall–Kier alpha value is -1.84. The number of aryl methyl sites for hydroxylation is 1. The van der Waals surface area contributed by atoms with Crippen molar-refractivity contribution in [1.29, 1.82) is 0 Å². The number of amides is 1. The predicted molar refractivity (Wildman–Crippen MR) is 68.5 cm³/mol. The van der Waals surface area contributed by atoms with Crippen molar-refractivity contribution >= 4 is 17.9 Å². The molecular formula is C13H18N2O2. The fourth-order valence-corrected chi connectivity index (χ4v) is 1.55. The molecule has 92 valence electrons. The molecule has 0 saturated heterocycles. The number of benzene rings is 1. The van der Waals surface area contributed by atoms with Crippen molar-refractivity contribution in [2.45, 2.75) is 13.3 Å². The fraction of sp³-hybridized carbons (Fsp3) is 0.385. The van der Waals surface area contributed by atoms with Crippen LogP contribution in [0, 0.1) is 6.92 Å². The Morgan fingerprint density at radius 3 is 2.71 bits per heavy atom. The molecular weight excluding hydrogens is 216 g/mol. The summed E-state index contributed by atoms with van der Waals surface area (Å²) in [6.07, 6.45) is 1.31. The minimum Gasteiger partial charge on any atom is -0.374 e. The Bertz CT molecular complexity index is 416. The van der Waals surface area contributed by atoms with Gasteiger partial charge in [0.1, 0.15) is 6.29 Å². The highest BCUT2D eigenvalue weighted by atomic mass is 16.1. The third kappa shape index (κ3) is 3.59. The summed E-state index contributed by atoms with van der Waals surface area (Å²) in [7, 11) is 3.56. The molecule has 0 aliphatic carbocycles. The van der Waals surface area contributed by atoms with Crippen molar-refractivity contribution in [2.24, 2.45) is 0 Å². The van der Waals surface area contributed by atoms with Crippen LogP contribution in [-0.2, 0) is 4.79 Å². The zero-order valence-electron chi connectivity index (χ0n) is 10.5. The van der Waals surface area contributed by atoms with Gasteiger partial charge in [0.2, 0.25) is 5.91 Å². The van der Waals surface area contributed by atoms with Gasteiger partial charge >= 0.3 is 0 Å². The topological polar surface area (TPSA) is 49.4 Å². The summed E-state index contributed by atoms with van der Waals surface area (Å²) >= 11 is 0. The number of carbonyl (C=O) groups excluding carboxylic acids is 2. The number of anilines is 1. The van der Waals surface area contributed by atoms with Gasteiger partial charge in [-0.1, -0.05) is 0 Å². The molecule has 1 amide bonds. The standard InChI is InChI=1S/C13H18N2O2/c1-10-8-12(5-4-11(10)9-16)15(3)7-6-13(17)14-2/h4-5,8-9H,6-7H2,1-3H3,(H,14,17). The highest BCUT2D eigenvalue weighted by Gasteiger charge is 2.05.